The third kappa shape index (κ3) is 5.91. The van der Waals surface area contributed by atoms with E-state index in [1.54, 1.807) is 0 Å². The second kappa shape index (κ2) is 8.14. The van der Waals surface area contributed by atoms with Crippen molar-refractivity contribution < 1.29 is 5.11 Å². The maximum atomic E-state index is 9.36. The highest BCUT2D eigenvalue weighted by Gasteiger charge is 2.20. The Hall–Kier alpha value is -0.0300. The molecule has 0 aliphatic carbocycles. The van der Waals surface area contributed by atoms with Crippen LogP contribution < -0.4 is 5.32 Å². The van der Waals surface area contributed by atoms with Crippen molar-refractivity contribution in [2.45, 2.75) is 42.9 Å². The van der Waals surface area contributed by atoms with Crippen LogP contribution in [-0.4, -0.2) is 29.5 Å². The lowest BCUT2D eigenvalue weighted by atomic mass is 9.96. The number of nitrogens with one attached hydrogen (secondary N) is 1. The molecule has 0 bridgehead atoms. The Morgan fingerprint density at radius 3 is 2.88 bits per heavy atom. The summed E-state index contributed by atoms with van der Waals surface area (Å²) < 4.78 is 1.40. The predicted octanol–water partition coefficient (Wildman–Crippen LogP) is 3.37. The monoisotopic (exact) mass is 273 g/mol. The number of aliphatic hydroxyl groups excluding tert-OH is 1. The molecule has 98 valence electrons. The maximum absolute atomic E-state index is 9.36. The molecule has 17 heavy (non-hydrogen) atoms. The zero-order valence-corrected chi connectivity index (χ0v) is 12.4. The zero-order valence-electron chi connectivity index (χ0n) is 10.7. The van der Waals surface area contributed by atoms with Crippen LogP contribution in [0, 0.1) is 0 Å². The van der Waals surface area contributed by atoms with Crippen molar-refractivity contribution in [1.82, 2.24) is 5.32 Å². The standard InChI is InChI=1S/C13H23NOS2/c1-3-14-13(2,11-15)8-4-5-9-16-12-7-6-10-17-12/h6-7,10,14-15H,3-5,8-9,11H2,1-2H3. The van der Waals surface area contributed by atoms with E-state index in [1.165, 1.54) is 22.8 Å². The first-order chi connectivity index (χ1) is 8.20. The number of hydrogen-bond acceptors (Lipinski definition) is 4. The highest BCUT2D eigenvalue weighted by molar-refractivity contribution is 8.01. The van der Waals surface area contributed by atoms with Crippen LogP contribution in [0.4, 0.5) is 0 Å². The van der Waals surface area contributed by atoms with Gasteiger partial charge in [0.15, 0.2) is 0 Å². The van der Waals surface area contributed by atoms with E-state index in [0.29, 0.717) is 0 Å². The van der Waals surface area contributed by atoms with Gasteiger partial charge in [-0.05, 0) is 43.5 Å². The summed E-state index contributed by atoms with van der Waals surface area (Å²) in [5.74, 6) is 1.17. The van der Waals surface area contributed by atoms with Crippen molar-refractivity contribution in [3.63, 3.8) is 0 Å². The molecule has 0 radical (unpaired) electrons. The molecule has 0 saturated carbocycles. The molecule has 0 spiro atoms. The molecule has 2 N–H and O–H groups in total. The van der Waals surface area contributed by atoms with Gasteiger partial charge < -0.3 is 10.4 Å². The Balaban J connectivity index is 2.10. The fourth-order valence-corrected chi connectivity index (χ4v) is 3.65. The van der Waals surface area contributed by atoms with E-state index in [4.69, 9.17) is 0 Å². The summed E-state index contributed by atoms with van der Waals surface area (Å²) in [6.45, 7) is 5.32. The molecule has 1 aromatic rings. The minimum Gasteiger partial charge on any atom is -0.394 e. The fourth-order valence-electron chi connectivity index (χ4n) is 1.79. The first kappa shape index (κ1) is 15.0. The van der Waals surface area contributed by atoms with Gasteiger partial charge in [0.1, 0.15) is 0 Å². The Bertz CT molecular complexity index is 290. The molecule has 1 heterocycles. The van der Waals surface area contributed by atoms with Crippen molar-refractivity contribution >= 4 is 23.1 Å². The summed E-state index contributed by atoms with van der Waals surface area (Å²) >= 11 is 3.74. The normalized spacial score (nSPS) is 14.8. The largest absolute Gasteiger partial charge is 0.394 e. The van der Waals surface area contributed by atoms with Gasteiger partial charge in [-0.3, -0.25) is 0 Å². The van der Waals surface area contributed by atoms with Crippen molar-refractivity contribution in [1.29, 1.82) is 0 Å². The molecule has 1 aromatic heterocycles. The summed E-state index contributed by atoms with van der Waals surface area (Å²) in [6.07, 6.45) is 3.42. The van der Waals surface area contributed by atoms with Gasteiger partial charge >= 0.3 is 0 Å². The fraction of sp³-hybridized carbons (Fsp3) is 0.692. The van der Waals surface area contributed by atoms with E-state index >= 15 is 0 Å². The lowest BCUT2D eigenvalue weighted by Gasteiger charge is -2.28. The Labute approximate surface area is 113 Å². The lowest BCUT2D eigenvalue weighted by Crippen LogP contribution is -2.45. The third-order valence-corrected chi connectivity index (χ3v) is 5.03. The molecular formula is C13H23NOS2. The highest BCUT2D eigenvalue weighted by atomic mass is 32.2. The smallest absolute Gasteiger partial charge is 0.0610 e. The van der Waals surface area contributed by atoms with E-state index in [-0.39, 0.29) is 12.1 Å². The first-order valence-corrected chi connectivity index (χ1v) is 8.09. The Morgan fingerprint density at radius 2 is 2.29 bits per heavy atom. The van der Waals surface area contributed by atoms with Gasteiger partial charge in [0, 0.05) is 5.54 Å². The second-order valence-electron chi connectivity index (χ2n) is 4.49. The quantitative estimate of drug-likeness (QED) is 0.534. The zero-order chi connectivity index (χ0) is 12.6. The first-order valence-electron chi connectivity index (χ1n) is 6.22. The van der Waals surface area contributed by atoms with Crippen molar-refractivity contribution in [3.05, 3.63) is 17.5 Å². The SMILES string of the molecule is CCNC(C)(CO)CCCCSc1cccs1. The topological polar surface area (TPSA) is 32.3 Å². The highest BCUT2D eigenvalue weighted by Crippen LogP contribution is 2.25. The van der Waals surface area contributed by atoms with Crippen molar-refractivity contribution in [3.8, 4) is 0 Å². The van der Waals surface area contributed by atoms with Crippen LogP contribution in [0.5, 0.6) is 0 Å². The Kier molecular flexibility index (Phi) is 7.19. The van der Waals surface area contributed by atoms with Gasteiger partial charge in [0.05, 0.1) is 10.8 Å². The van der Waals surface area contributed by atoms with E-state index in [9.17, 15) is 5.11 Å². The molecule has 1 atom stereocenters. The molecule has 1 rings (SSSR count). The van der Waals surface area contributed by atoms with Crippen LogP contribution in [0.25, 0.3) is 0 Å². The number of thioether (sulfide) groups is 1. The maximum Gasteiger partial charge on any atom is 0.0610 e. The predicted molar refractivity (Wildman–Crippen MR) is 78.1 cm³/mol. The molecule has 0 fully saturated rings. The summed E-state index contributed by atoms with van der Waals surface area (Å²) in [6, 6.07) is 4.27. The van der Waals surface area contributed by atoms with Gasteiger partial charge in [-0.25, -0.2) is 0 Å². The number of rotatable bonds is 9. The van der Waals surface area contributed by atoms with Gasteiger partial charge in [0.25, 0.3) is 0 Å². The van der Waals surface area contributed by atoms with E-state index in [0.717, 1.165) is 13.0 Å². The molecule has 0 aliphatic rings. The molecule has 4 heteroatoms. The number of thiophene rings is 1. The van der Waals surface area contributed by atoms with Crippen LogP contribution in [0.1, 0.15) is 33.1 Å². The number of hydrogen-bond donors (Lipinski definition) is 2. The van der Waals surface area contributed by atoms with Crippen molar-refractivity contribution in [2.24, 2.45) is 0 Å². The minimum atomic E-state index is -0.0949. The van der Waals surface area contributed by atoms with Crippen LogP contribution in [-0.2, 0) is 0 Å². The summed E-state index contributed by atoms with van der Waals surface area (Å²) in [7, 11) is 0. The Morgan fingerprint density at radius 1 is 1.47 bits per heavy atom. The summed E-state index contributed by atoms with van der Waals surface area (Å²) in [5.41, 5.74) is -0.0949. The van der Waals surface area contributed by atoms with Crippen LogP contribution in [0.2, 0.25) is 0 Å². The average molecular weight is 273 g/mol. The summed E-state index contributed by atoms with van der Waals surface area (Å²) in [5, 5.41) is 14.8. The molecule has 2 nitrogen and oxygen atoms in total. The molecule has 0 amide bonds. The molecule has 1 unspecified atom stereocenters. The van der Waals surface area contributed by atoms with E-state index < -0.39 is 0 Å². The minimum absolute atomic E-state index is 0.0949. The van der Waals surface area contributed by atoms with Gasteiger partial charge in [-0.2, -0.15) is 0 Å². The van der Waals surface area contributed by atoms with Crippen LogP contribution in [0.15, 0.2) is 21.7 Å². The number of aliphatic hydroxyl groups is 1. The lowest BCUT2D eigenvalue weighted by molar-refractivity contribution is 0.165. The van der Waals surface area contributed by atoms with Crippen LogP contribution >= 0.6 is 23.1 Å². The molecular weight excluding hydrogens is 250 g/mol. The van der Waals surface area contributed by atoms with Gasteiger partial charge in [-0.1, -0.05) is 19.4 Å². The van der Waals surface area contributed by atoms with Crippen LogP contribution in [0.3, 0.4) is 0 Å². The number of unbranched alkanes of at least 4 members (excludes halogenated alkanes) is 1. The number of likely N-dealkylation sites (N-methyl/N-ethyl adjacent to an activating group) is 1. The molecule has 0 saturated heterocycles. The molecule has 0 aliphatic heterocycles. The van der Waals surface area contributed by atoms with E-state index in [1.807, 2.05) is 23.1 Å². The average Bonchev–Trinajstić information content (AvgIpc) is 2.82. The van der Waals surface area contributed by atoms with Gasteiger partial charge in [-0.15, -0.1) is 23.1 Å². The second-order valence-corrected chi connectivity index (χ2v) is 6.83. The van der Waals surface area contributed by atoms with Gasteiger partial charge in [0.2, 0.25) is 0 Å². The van der Waals surface area contributed by atoms with Crippen molar-refractivity contribution in [2.75, 3.05) is 18.9 Å². The molecule has 0 aromatic carbocycles. The summed E-state index contributed by atoms with van der Waals surface area (Å²) in [4.78, 5) is 0. The third-order valence-electron chi connectivity index (χ3n) is 2.81. The van der Waals surface area contributed by atoms with E-state index in [2.05, 4.69) is 36.7 Å².